The number of hydrogen-bond donors (Lipinski definition) is 2. The van der Waals surface area contributed by atoms with E-state index in [4.69, 9.17) is 9.15 Å². The second kappa shape index (κ2) is 6.72. The van der Waals surface area contributed by atoms with E-state index < -0.39 is 0 Å². The Bertz CT molecular complexity index is 1050. The number of rotatable bonds is 5. The largest absolute Gasteiger partial charge is 0.497 e. The monoisotopic (exact) mass is 348 g/mol. The Labute approximate surface area is 149 Å². The minimum atomic E-state index is -0.304. The first kappa shape index (κ1) is 15.9. The van der Waals surface area contributed by atoms with E-state index in [2.05, 4.69) is 20.5 Å². The van der Waals surface area contributed by atoms with Gasteiger partial charge in [0.15, 0.2) is 0 Å². The van der Waals surface area contributed by atoms with Gasteiger partial charge >= 0.3 is 6.01 Å². The molecule has 0 aliphatic carbocycles. The molecule has 0 unspecified atom stereocenters. The van der Waals surface area contributed by atoms with Crippen LogP contribution in [0, 0.1) is 0 Å². The normalized spacial score (nSPS) is 10.8. The van der Waals surface area contributed by atoms with Gasteiger partial charge in [-0.3, -0.25) is 10.1 Å². The number of carbonyl (C=O) groups excluding carboxylic acids is 1. The van der Waals surface area contributed by atoms with Crippen LogP contribution in [0.4, 0.5) is 6.01 Å². The highest BCUT2D eigenvalue weighted by Crippen LogP contribution is 2.20. The summed E-state index contributed by atoms with van der Waals surface area (Å²) in [6, 6.07) is 15.2. The van der Waals surface area contributed by atoms with Gasteiger partial charge in [0.05, 0.1) is 19.1 Å². The highest BCUT2D eigenvalue weighted by Gasteiger charge is 2.15. The van der Waals surface area contributed by atoms with Crippen LogP contribution in [-0.2, 0) is 6.42 Å². The number of hydrogen-bond acceptors (Lipinski definition) is 5. The molecule has 130 valence electrons. The van der Waals surface area contributed by atoms with Crippen LogP contribution < -0.4 is 10.1 Å². The first-order valence-corrected chi connectivity index (χ1v) is 8.06. The Morgan fingerprint density at radius 1 is 1.15 bits per heavy atom. The van der Waals surface area contributed by atoms with E-state index in [9.17, 15) is 4.79 Å². The maximum Gasteiger partial charge on any atom is 0.322 e. The standard InChI is InChI=1S/C19H16N4O3/c1-25-13-8-6-12(7-9-13)10-17-22-23-19(26-17)21-18(24)15-11-20-16-5-3-2-4-14(15)16/h2-9,11,20H,10H2,1H3,(H,21,23,24). The van der Waals surface area contributed by atoms with Crippen LogP contribution in [0.1, 0.15) is 21.8 Å². The number of benzene rings is 2. The lowest BCUT2D eigenvalue weighted by Gasteiger charge is -2.01. The molecular weight excluding hydrogens is 332 g/mol. The molecule has 2 N–H and O–H groups in total. The van der Waals surface area contributed by atoms with E-state index in [1.54, 1.807) is 13.3 Å². The number of amides is 1. The minimum Gasteiger partial charge on any atom is -0.497 e. The summed E-state index contributed by atoms with van der Waals surface area (Å²) in [5.41, 5.74) is 2.42. The SMILES string of the molecule is COc1ccc(Cc2nnc(NC(=O)c3c[nH]c4ccccc34)o2)cc1. The lowest BCUT2D eigenvalue weighted by molar-refractivity contribution is 0.102. The summed E-state index contributed by atoms with van der Waals surface area (Å²) in [4.78, 5) is 15.5. The van der Waals surface area contributed by atoms with Gasteiger partial charge in [0.1, 0.15) is 5.75 Å². The molecule has 0 fully saturated rings. The van der Waals surface area contributed by atoms with Gasteiger partial charge in [-0.15, -0.1) is 5.10 Å². The molecule has 0 aliphatic heterocycles. The van der Waals surface area contributed by atoms with Crippen LogP contribution in [0.25, 0.3) is 10.9 Å². The molecule has 7 heteroatoms. The molecule has 0 radical (unpaired) electrons. The van der Waals surface area contributed by atoms with Gasteiger partial charge in [0.25, 0.3) is 5.91 Å². The number of carbonyl (C=O) groups is 1. The van der Waals surface area contributed by atoms with Gasteiger partial charge in [-0.2, -0.15) is 0 Å². The summed E-state index contributed by atoms with van der Waals surface area (Å²) in [5.74, 6) is 0.900. The van der Waals surface area contributed by atoms with E-state index in [0.29, 0.717) is 17.9 Å². The number of aromatic amines is 1. The van der Waals surface area contributed by atoms with Crippen LogP contribution in [0.15, 0.2) is 59.1 Å². The Hall–Kier alpha value is -3.61. The predicted octanol–water partition coefficient (Wildman–Crippen LogP) is 3.40. The zero-order valence-corrected chi connectivity index (χ0v) is 14.0. The van der Waals surface area contributed by atoms with E-state index in [1.165, 1.54) is 0 Å². The quantitative estimate of drug-likeness (QED) is 0.576. The predicted molar refractivity (Wildman–Crippen MR) is 96.3 cm³/mol. The Morgan fingerprint density at radius 3 is 2.77 bits per heavy atom. The molecule has 0 aliphatic rings. The van der Waals surface area contributed by atoms with Crippen molar-refractivity contribution >= 4 is 22.8 Å². The average molecular weight is 348 g/mol. The van der Waals surface area contributed by atoms with Gasteiger partial charge < -0.3 is 14.1 Å². The summed E-state index contributed by atoms with van der Waals surface area (Å²) in [5, 5.41) is 11.4. The summed E-state index contributed by atoms with van der Waals surface area (Å²) in [6.45, 7) is 0. The third-order valence-electron chi connectivity index (χ3n) is 4.04. The minimum absolute atomic E-state index is 0.0730. The van der Waals surface area contributed by atoms with Crippen molar-refractivity contribution in [3.05, 3.63) is 71.7 Å². The van der Waals surface area contributed by atoms with Gasteiger partial charge in [-0.05, 0) is 23.8 Å². The van der Waals surface area contributed by atoms with E-state index in [1.807, 2.05) is 48.5 Å². The van der Waals surface area contributed by atoms with E-state index >= 15 is 0 Å². The maximum atomic E-state index is 12.5. The molecule has 0 bridgehead atoms. The smallest absolute Gasteiger partial charge is 0.322 e. The Morgan fingerprint density at radius 2 is 1.96 bits per heavy atom. The fourth-order valence-electron chi connectivity index (χ4n) is 2.72. The van der Waals surface area contributed by atoms with Crippen LogP contribution in [-0.4, -0.2) is 28.2 Å². The molecule has 0 spiro atoms. The van der Waals surface area contributed by atoms with Gasteiger partial charge in [0.2, 0.25) is 5.89 Å². The van der Waals surface area contributed by atoms with Gasteiger partial charge in [0, 0.05) is 17.1 Å². The number of methoxy groups -OCH3 is 1. The fourth-order valence-corrected chi connectivity index (χ4v) is 2.72. The summed E-state index contributed by atoms with van der Waals surface area (Å²) >= 11 is 0. The zero-order valence-electron chi connectivity index (χ0n) is 14.0. The van der Waals surface area contributed by atoms with Crippen molar-refractivity contribution in [1.29, 1.82) is 0 Å². The molecule has 1 amide bonds. The van der Waals surface area contributed by atoms with Crippen LogP contribution in [0.5, 0.6) is 5.75 Å². The first-order chi connectivity index (χ1) is 12.7. The average Bonchev–Trinajstić information content (AvgIpc) is 3.29. The van der Waals surface area contributed by atoms with Crippen molar-refractivity contribution in [3.8, 4) is 5.75 Å². The summed E-state index contributed by atoms with van der Waals surface area (Å²) in [6.07, 6.45) is 2.13. The number of ether oxygens (including phenoxy) is 1. The van der Waals surface area contributed by atoms with Crippen molar-refractivity contribution in [3.63, 3.8) is 0 Å². The Kier molecular flexibility index (Phi) is 4.10. The summed E-state index contributed by atoms with van der Waals surface area (Å²) in [7, 11) is 1.62. The zero-order chi connectivity index (χ0) is 17.9. The van der Waals surface area contributed by atoms with E-state index in [0.717, 1.165) is 22.2 Å². The highest BCUT2D eigenvalue weighted by molar-refractivity contribution is 6.12. The lowest BCUT2D eigenvalue weighted by atomic mass is 10.1. The maximum absolute atomic E-state index is 12.5. The lowest BCUT2D eigenvalue weighted by Crippen LogP contribution is -2.11. The third-order valence-corrected chi connectivity index (χ3v) is 4.04. The molecular formula is C19H16N4O3. The van der Waals surface area contributed by atoms with Crippen molar-refractivity contribution < 1.29 is 13.9 Å². The second-order valence-electron chi connectivity index (χ2n) is 5.73. The van der Waals surface area contributed by atoms with Crippen molar-refractivity contribution in [2.45, 2.75) is 6.42 Å². The molecule has 26 heavy (non-hydrogen) atoms. The molecule has 7 nitrogen and oxygen atoms in total. The molecule has 0 atom stereocenters. The van der Waals surface area contributed by atoms with Gasteiger partial charge in [-0.25, -0.2) is 0 Å². The molecule has 4 rings (SSSR count). The molecule has 0 saturated carbocycles. The number of anilines is 1. The molecule has 0 saturated heterocycles. The van der Waals surface area contributed by atoms with Crippen LogP contribution >= 0.6 is 0 Å². The number of aromatic nitrogens is 3. The topological polar surface area (TPSA) is 93.0 Å². The van der Waals surface area contributed by atoms with Crippen LogP contribution in [0.2, 0.25) is 0 Å². The number of H-pyrrole nitrogens is 1. The van der Waals surface area contributed by atoms with Crippen molar-refractivity contribution in [2.24, 2.45) is 0 Å². The number of fused-ring (bicyclic) bond motifs is 1. The third kappa shape index (κ3) is 3.14. The van der Waals surface area contributed by atoms with E-state index in [-0.39, 0.29) is 11.9 Å². The van der Waals surface area contributed by atoms with Crippen molar-refractivity contribution in [1.82, 2.24) is 15.2 Å². The van der Waals surface area contributed by atoms with Crippen molar-refractivity contribution in [2.75, 3.05) is 12.4 Å². The van der Waals surface area contributed by atoms with Crippen LogP contribution in [0.3, 0.4) is 0 Å². The molecule has 2 heterocycles. The summed E-state index contributed by atoms with van der Waals surface area (Å²) < 4.78 is 10.7. The molecule has 2 aromatic heterocycles. The number of para-hydroxylation sites is 1. The fraction of sp³-hybridized carbons (Fsp3) is 0.105. The Balaban J connectivity index is 1.46. The highest BCUT2D eigenvalue weighted by atomic mass is 16.5. The second-order valence-corrected chi connectivity index (χ2v) is 5.73. The molecule has 4 aromatic rings. The molecule has 2 aromatic carbocycles. The number of nitrogens with zero attached hydrogens (tertiary/aromatic N) is 2. The van der Waals surface area contributed by atoms with Gasteiger partial charge in [-0.1, -0.05) is 35.4 Å². The first-order valence-electron chi connectivity index (χ1n) is 8.06. The number of nitrogens with one attached hydrogen (secondary N) is 2.